The predicted molar refractivity (Wildman–Crippen MR) is 95.6 cm³/mol. The van der Waals surface area contributed by atoms with Gasteiger partial charge in [0.2, 0.25) is 5.60 Å². The monoisotopic (exact) mass is 466 g/mol. The second-order valence-corrected chi connectivity index (χ2v) is 8.26. The van der Waals surface area contributed by atoms with Crippen molar-refractivity contribution in [1.82, 2.24) is 0 Å². The van der Waals surface area contributed by atoms with Crippen LogP contribution in [-0.2, 0) is 23.9 Å². The van der Waals surface area contributed by atoms with Crippen molar-refractivity contribution in [3.8, 4) is 0 Å². The van der Waals surface area contributed by atoms with Crippen LogP contribution in [0, 0.1) is 5.92 Å². The van der Waals surface area contributed by atoms with Crippen LogP contribution in [0.1, 0.15) is 6.42 Å². The van der Waals surface area contributed by atoms with Gasteiger partial charge in [0, 0.05) is 0 Å². The number of Topliss-reactive ketones (excluding diaryl/α,β-unsaturated/α-hetero) is 3. The molecule has 3 aliphatic rings. The summed E-state index contributed by atoms with van der Waals surface area (Å²) in [5.41, 5.74) is -3.27. The molecule has 0 aromatic rings. The summed E-state index contributed by atoms with van der Waals surface area (Å²) in [5, 5.41) is 90.5. The molecule has 1 aliphatic carbocycles. The molecule has 182 valence electrons. The van der Waals surface area contributed by atoms with Crippen LogP contribution in [0.25, 0.3) is 0 Å². The highest BCUT2D eigenvalue weighted by Crippen LogP contribution is 2.37. The van der Waals surface area contributed by atoms with E-state index in [1.54, 1.807) is 0 Å². The van der Waals surface area contributed by atoms with E-state index in [-0.39, 0.29) is 0 Å². The highest BCUT2D eigenvalue weighted by atomic mass is 16.6. The van der Waals surface area contributed by atoms with Crippen LogP contribution < -0.4 is 0 Å². The van der Waals surface area contributed by atoms with Gasteiger partial charge in [0.05, 0.1) is 25.7 Å². The molecule has 3 rings (SSSR count). The smallest absolute Gasteiger partial charge is 0.211 e. The van der Waals surface area contributed by atoms with Gasteiger partial charge in [-0.2, -0.15) is 0 Å². The molecule has 32 heavy (non-hydrogen) atoms. The first kappa shape index (κ1) is 25.2. The number of aliphatic hydroxyl groups excluding tert-OH is 8. The molecule has 9 N–H and O–H groups in total. The molecule has 1 saturated carbocycles. The van der Waals surface area contributed by atoms with Crippen molar-refractivity contribution in [2.45, 2.75) is 73.1 Å². The van der Waals surface area contributed by atoms with Gasteiger partial charge in [-0.15, -0.1) is 0 Å². The molecule has 2 heterocycles. The lowest BCUT2D eigenvalue weighted by atomic mass is 9.67. The van der Waals surface area contributed by atoms with Gasteiger partial charge in [-0.05, 0) is 0 Å². The molecule has 0 spiro atoms. The largest absolute Gasteiger partial charge is 0.394 e. The maximum Gasteiger partial charge on any atom is 0.211 e. The molecule has 0 radical (unpaired) electrons. The lowest BCUT2D eigenvalue weighted by Gasteiger charge is -2.48. The fraction of sp³-hybridized carbons (Fsp3) is 0.833. The molecule has 2 saturated heterocycles. The standard InChI is InChI=1S/C18H26O14/c19-2-6-10(24)12(26)14(28)17(32-6)18(30)7(22)1-4(20)8(16(18)29)11(25)15-13(27)9(23)5(21)3-31-15/h5-6,8-15,17,19,21,23-28,30H,1-3H2/t5?,6-,8?,9?,10-,11?,12+,13?,14-,15?,17?,18?/m1/s1. The quantitative estimate of drug-likeness (QED) is 0.175. The van der Waals surface area contributed by atoms with Gasteiger partial charge in [-0.3, -0.25) is 14.4 Å². The van der Waals surface area contributed by atoms with Crippen molar-refractivity contribution in [2.75, 3.05) is 13.2 Å². The van der Waals surface area contributed by atoms with Crippen molar-refractivity contribution in [2.24, 2.45) is 5.92 Å². The second-order valence-electron chi connectivity index (χ2n) is 8.26. The number of hydrogen-bond acceptors (Lipinski definition) is 14. The molecule has 14 nitrogen and oxygen atoms in total. The topological polar surface area (TPSA) is 252 Å². The van der Waals surface area contributed by atoms with Gasteiger partial charge < -0.3 is 55.4 Å². The Bertz CT molecular complexity index is 756. The molecule has 3 fully saturated rings. The third-order valence-electron chi connectivity index (χ3n) is 6.29. The molecule has 0 aromatic carbocycles. The van der Waals surface area contributed by atoms with Crippen molar-refractivity contribution >= 4 is 17.3 Å². The summed E-state index contributed by atoms with van der Waals surface area (Å²) in [7, 11) is 0. The van der Waals surface area contributed by atoms with Crippen LogP contribution >= 0.6 is 0 Å². The van der Waals surface area contributed by atoms with E-state index in [9.17, 15) is 60.3 Å². The van der Waals surface area contributed by atoms with E-state index in [0.29, 0.717) is 0 Å². The van der Waals surface area contributed by atoms with Crippen molar-refractivity contribution in [3.63, 3.8) is 0 Å². The molecule has 12 atom stereocenters. The predicted octanol–water partition coefficient (Wildman–Crippen LogP) is -6.87. The number of carbonyl (C=O) groups is 3. The van der Waals surface area contributed by atoms with Crippen LogP contribution in [0.5, 0.6) is 0 Å². The normalized spacial score (nSPS) is 49.2. The van der Waals surface area contributed by atoms with Crippen molar-refractivity contribution in [3.05, 3.63) is 0 Å². The molecule has 2 aliphatic heterocycles. The summed E-state index contributed by atoms with van der Waals surface area (Å²) in [5.74, 6) is -6.38. The van der Waals surface area contributed by atoms with Crippen molar-refractivity contribution in [1.29, 1.82) is 0 Å². The minimum atomic E-state index is -3.27. The summed E-state index contributed by atoms with van der Waals surface area (Å²) in [6.07, 6.45) is -20.2. The van der Waals surface area contributed by atoms with E-state index in [4.69, 9.17) is 9.47 Å². The zero-order chi connectivity index (χ0) is 24.1. The van der Waals surface area contributed by atoms with Crippen molar-refractivity contribution < 1.29 is 69.8 Å². The number of ether oxygens (including phenoxy) is 2. The number of aliphatic hydroxyl groups is 9. The first-order valence-corrected chi connectivity index (χ1v) is 9.85. The lowest BCUT2D eigenvalue weighted by Crippen LogP contribution is -2.73. The molecule has 0 amide bonds. The van der Waals surface area contributed by atoms with E-state index in [1.165, 1.54) is 0 Å². The Morgan fingerprint density at radius 2 is 1.56 bits per heavy atom. The van der Waals surface area contributed by atoms with Gasteiger partial charge in [0.25, 0.3) is 0 Å². The minimum Gasteiger partial charge on any atom is -0.394 e. The van der Waals surface area contributed by atoms with Gasteiger partial charge in [-0.1, -0.05) is 0 Å². The summed E-state index contributed by atoms with van der Waals surface area (Å²) in [6, 6.07) is 0. The fourth-order valence-corrected chi connectivity index (χ4v) is 4.33. The van der Waals surface area contributed by atoms with Crippen LogP contribution in [0.2, 0.25) is 0 Å². The first-order valence-electron chi connectivity index (χ1n) is 9.85. The van der Waals surface area contributed by atoms with Gasteiger partial charge in [-0.25, -0.2) is 0 Å². The zero-order valence-corrected chi connectivity index (χ0v) is 16.5. The second kappa shape index (κ2) is 9.08. The van der Waals surface area contributed by atoms with E-state index < -0.39 is 110 Å². The lowest BCUT2D eigenvalue weighted by molar-refractivity contribution is -0.264. The molecule has 8 unspecified atom stereocenters. The van der Waals surface area contributed by atoms with Crippen LogP contribution in [0.4, 0.5) is 0 Å². The van der Waals surface area contributed by atoms with Gasteiger partial charge in [0.15, 0.2) is 17.3 Å². The summed E-state index contributed by atoms with van der Waals surface area (Å²) < 4.78 is 10.2. The Hall–Kier alpha value is -1.43. The highest BCUT2D eigenvalue weighted by Gasteiger charge is 2.65. The molecule has 0 bridgehead atoms. The third kappa shape index (κ3) is 3.80. The summed E-state index contributed by atoms with van der Waals surface area (Å²) in [4.78, 5) is 38.1. The Kier molecular flexibility index (Phi) is 7.15. The third-order valence-corrected chi connectivity index (χ3v) is 6.29. The zero-order valence-electron chi connectivity index (χ0n) is 16.5. The summed E-state index contributed by atoms with van der Waals surface area (Å²) in [6.45, 7) is -1.49. The fourth-order valence-electron chi connectivity index (χ4n) is 4.33. The minimum absolute atomic E-state index is 0.565. The highest BCUT2D eigenvalue weighted by molar-refractivity contribution is 6.27. The maximum atomic E-state index is 13.1. The number of ketones is 3. The van der Waals surface area contributed by atoms with E-state index >= 15 is 0 Å². The van der Waals surface area contributed by atoms with Crippen LogP contribution in [0.15, 0.2) is 0 Å². The molecular weight excluding hydrogens is 440 g/mol. The Morgan fingerprint density at radius 3 is 2.16 bits per heavy atom. The number of carbonyl (C=O) groups excluding carboxylic acids is 3. The number of rotatable bonds is 4. The average molecular weight is 466 g/mol. The maximum absolute atomic E-state index is 13.1. The Labute approximate surface area is 180 Å². The van der Waals surface area contributed by atoms with E-state index in [1.807, 2.05) is 0 Å². The first-order chi connectivity index (χ1) is 14.9. The van der Waals surface area contributed by atoms with Crippen LogP contribution in [0.3, 0.4) is 0 Å². The van der Waals surface area contributed by atoms with Crippen LogP contribution in [-0.4, -0.2) is 143 Å². The SMILES string of the molecule is O=C1CC(=O)C(O)(C2O[C@H](CO)[C@@H](O)[C@H](O)[C@H]2O)C(=O)C1C(O)C1OCC(O)C(O)C1O. The van der Waals surface area contributed by atoms with E-state index in [2.05, 4.69) is 0 Å². The molecule has 14 heteroatoms. The van der Waals surface area contributed by atoms with Gasteiger partial charge >= 0.3 is 0 Å². The Morgan fingerprint density at radius 1 is 0.938 bits per heavy atom. The molecule has 0 aromatic heterocycles. The molecular formula is C18H26O14. The average Bonchev–Trinajstić information content (AvgIpc) is 2.74. The van der Waals surface area contributed by atoms with E-state index in [0.717, 1.165) is 0 Å². The Balaban J connectivity index is 1.94. The number of hydrogen-bond donors (Lipinski definition) is 9. The summed E-state index contributed by atoms with van der Waals surface area (Å²) >= 11 is 0. The van der Waals surface area contributed by atoms with Gasteiger partial charge in [0.1, 0.15) is 60.9 Å².